The van der Waals surface area contributed by atoms with Crippen LogP contribution >= 0.6 is 0 Å². The average Bonchev–Trinajstić information content (AvgIpc) is 2.77. The smallest absolute Gasteiger partial charge is 0.410 e. The van der Waals surface area contributed by atoms with Gasteiger partial charge in [0.2, 0.25) is 10.0 Å². The van der Waals surface area contributed by atoms with E-state index in [2.05, 4.69) is 4.72 Å². The number of ether oxygens (including phenoxy) is 1. The Morgan fingerprint density at radius 3 is 2.73 bits per heavy atom. The molecule has 0 aliphatic carbocycles. The maximum absolute atomic E-state index is 12.1. The van der Waals surface area contributed by atoms with E-state index in [0.717, 1.165) is 11.1 Å². The highest BCUT2D eigenvalue weighted by molar-refractivity contribution is 7.88. The number of hydrogen-bond acceptors (Lipinski definition) is 4. The molecule has 0 bridgehead atoms. The Hall–Kier alpha value is -1.60. The van der Waals surface area contributed by atoms with E-state index in [1.807, 2.05) is 39.0 Å². The summed E-state index contributed by atoms with van der Waals surface area (Å²) < 4.78 is 31.9. The van der Waals surface area contributed by atoms with Crippen LogP contribution in [0.15, 0.2) is 24.3 Å². The highest BCUT2D eigenvalue weighted by Gasteiger charge is 2.33. The lowest BCUT2D eigenvalue weighted by Gasteiger charge is -2.16. The van der Waals surface area contributed by atoms with Crippen molar-refractivity contribution >= 4 is 16.1 Å². The van der Waals surface area contributed by atoms with Crippen LogP contribution in [0.1, 0.15) is 25.0 Å². The number of nitrogens with one attached hydrogen (secondary N) is 1. The summed E-state index contributed by atoms with van der Waals surface area (Å²) in [4.78, 5) is 13.2. The lowest BCUT2D eigenvalue weighted by Crippen LogP contribution is -2.36. The van der Waals surface area contributed by atoms with Crippen molar-refractivity contribution in [2.24, 2.45) is 0 Å². The zero-order valence-electron chi connectivity index (χ0n) is 13.1. The number of nitrogens with zero attached hydrogens (tertiary/aromatic N) is 1. The first kappa shape index (κ1) is 16.8. The standard InChI is InChI=1S/C15H22N2O4S/c1-11(2)17-9-14(21-15(17)18)8-16-22(19,20)10-13-6-4-5-12(3)7-13/h4-7,11,14,16H,8-10H2,1-3H3. The molecule has 1 saturated heterocycles. The molecule has 0 radical (unpaired) electrons. The van der Waals surface area contributed by atoms with Gasteiger partial charge in [0.1, 0.15) is 6.10 Å². The van der Waals surface area contributed by atoms with Crippen molar-refractivity contribution in [3.63, 3.8) is 0 Å². The molecule has 22 heavy (non-hydrogen) atoms. The molecule has 1 aromatic rings. The van der Waals surface area contributed by atoms with Gasteiger partial charge in [-0.3, -0.25) is 0 Å². The molecule has 7 heteroatoms. The van der Waals surface area contributed by atoms with E-state index in [0.29, 0.717) is 6.54 Å². The van der Waals surface area contributed by atoms with Crippen LogP contribution < -0.4 is 4.72 Å². The molecule has 1 atom stereocenters. The SMILES string of the molecule is Cc1cccc(CS(=O)(=O)NCC2CN(C(C)C)C(=O)O2)c1. The zero-order valence-corrected chi connectivity index (χ0v) is 13.9. The molecule has 6 nitrogen and oxygen atoms in total. The summed E-state index contributed by atoms with van der Waals surface area (Å²) in [6.45, 7) is 6.21. The highest BCUT2D eigenvalue weighted by atomic mass is 32.2. The lowest BCUT2D eigenvalue weighted by atomic mass is 10.2. The number of carbonyl (C=O) groups excluding carboxylic acids is 1. The monoisotopic (exact) mass is 326 g/mol. The summed E-state index contributed by atoms with van der Waals surface area (Å²) in [5.41, 5.74) is 1.75. The largest absolute Gasteiger partial charge is 0.443 e. The molecule has 1 heterocycles. The number of benzene rings is 1. The Labute approximate surface area is 131 Å². The van der Waals surface area contributed by atoms with Crippen LogP contribution in [0.4, 0.5) is 4.79 Å². The molecule has 2 rings (SSSR count). The molecule has 1 aliphatic heterocycles. The second-order valence-corrected chi connectivity index (χ2v) is 7.66. The van der Waals surface area contributed by atoms with E-state index >= 15 is 0 Å². The van der Waals surface area contributed by atoms with E-state index < -0.39 is 22.2 Å². The van der Waals surface area contributed by atoms with Crippen LogP contribution in [-0.4, -0.2) is 44.6 Å². The highest BCUT2D eigenvalue weighted by Crippen LogP contribution is 2.14. The van der Waals surface area contributed by atoms with E-state index in [1.165, 1.54) is 0 Å². The van der Waals surface area contributed by atoms with Gasteiger partial charge >= 0.3 is 6.09 Å². The second-order valence-electron chi connectivity index (χ2n) is 5.85. The van der Waals surface area contributed by atoms with E-state index in [1.54, 1.807) is 11.0 Å². The number of amides is 1. The van der Waals surface area contributed by atoms with Gasteiger partial charge < -0.3 is 9.64 Å². The maximum atomic E-state index is 12.1. The Kier molecular flexibility index (Phi) is 5.08. The van der Waals surface area contributed by atoms with Gasteiger partial charge in [-0.25, -0.2) is 17.9 Å². The zero-order chi connectivity index (χ0) is 16.3. The van der Waals surface area contributed by atoms with Crippen molar-refractivity contribution in [2.75, 3.05) is 13.1 Å². The summed E-state index contributed by atoms with van der Waals surface area (Å²) in [6, 6.07) is 7.42. The molecule has 0 spiro atoms. The summed E-state index contributed by atoms with van der Waals surface area (Å²) in [5, 5.41) is 0. The van der Waals surface area contributed by atoms with Gasteiger partial charge in [-0.2, -0.15) is 0 Å². The van der Waals surface area contributed by atoms with Crippen LogP contribution in [0.5, 0.6) is 0 Å². The lowest BCUT2D eigenvalue weighted by molar-refractivity contribution is 0.130. The summed E-state index contributed by atoms with van der Waals surface area (Å²) in [5.74, 6) is -0.0801. The molecule has 1 fully saturated rings. The van der Waals surface area contributed by atoms with E-state index in [4.69, 9.17) is 4.74 Å². The topological polar surface area (TPSA) is 75.7 Å². The number of rotatable bonds is 6. The maximum Gasteiger partial charge on any atom is 0.410 e. The number of sulfonamides is 1. The fraction of sp³-hybridized carbons (Fsp3) is 0.533. The van der Waals surface area contributed by atoms with Crippen molar-refractivity contribution in [1.29, 1.82) is 0 Å². The third kappa shape index (κ3) is 4.45. The Balaban J connectivity index is 1.89. The molecule has 1 amide bonds. The molecule has 0 aromatic heterocycles. The van der Waals surface area contributed by atoms with Crippen molar-refractivity contribution in [2.45, 2.75) is 38.7 Å². The minimum atomic E-state index is -3.45. The first-order valence-electron chi connectivity index (χ1n) is 7.27. The van der Waals surface area contributed by atoms with E-state index in [-0.39, 0.29) is 18.3 Å². The van der Waals surface area contributed by atoms with Gasteiger partial charge in [-0.05, 0) is 26.3 Å². The number of carbonyl (C=O) groups is 1. The third-order valence-corrected chi connectivity index (χ3v) is 4.82. The van der Waals surface area contributed by atoms with Gasteiger partial charge in [-0.15, -0.1) is 0 Å². The molecular weight excluding hydrogens is 304 g/mol. The predicted octanol–water partition coefficient (Wildman–Crippen LogP) is 1.64. The average molecular weight is 326 g/mol. The van der Waals surface area contributed by atoms with Crippen molar-refractivity contribution in [1.82, 2.24) is 9.62 Å². The normalized spacial score (nSPS) is 18.8. The molecular formula is C15H22N2O4S. The predicted molar refractivity (Wildman–Crippen MR) is 83.9 cm³/mol. The number of aryl methyl sites for hydroxylation is 1. The van der Waals surface area contributed by atoms with Crippen molar-refractivity contribution < 1.29 is 17.9 Å². The molecule has 1 aromatic carbocycles. The fourth-order valence-corrected chi connectivity index (χ4v) is 3.52. The first-order chi connectivity index (χ1) is 10.3. The van der Waals surface area contributed by atoms with Crippen molar-refractivity contribution in [3.8, 4) is 0 Å². The van der Waals surface area contributed by atoms with Gasteiger partial charge in [0.15, 0.2) is 0 Å². The molecule has 1 N–H and O–H groups in total. The van der Waals surface area contributed by atoms with Crippen LogP contribution in [0.2, 0.25) is 0 Å². The first-order valence-corrected chi connectivity index (χ1v) is 8.92. The second kappa shape index (κ2) is 6.66. The third-order valence-electron chi connectivity index (χ3n) is 3.50. The Morgan fingerprint density at radius 1 is 1.41 bits per heavy atom. The quantitative estimate of drug-likeness (QED) is 0.862. The minimum Gasteiger partial charge on any atom is -0.443 e. The fourth-order valence-electron chi connectivity index (χ4n) is 2.36. The molecule has 0 saturated carbocycles. The molecule has 1 aliphatic rings. The minimum absolute atomic E-state index is 0.0430. The van der Waals surface area contributed by atoms with E-state index in [9.17, 15) is 13.2 Å². The Bertz CT molecular complexity index is 643. The molecule has 1 unspecified atom stereocenters. The van der Waals surface area contributed by atoms with Crippen molar-refractivity contribution in [3.05, 3.63) is 35.4 Å². The van der Waals surface area contributed by atoms with Gasteiger partial charge in [0.05, 0.1) is 12.3 Å². The molecule has 122 valence electrons. The Morgan fingerprint density at radius 2 is 2.14 bits per heavy atom. The van der Waals surface area contributed by atoms with Gasteiger partial charge in [0.25, 0.3) is 0 Å². The van der Waals surface area contributed by atoms with Crippen LogP contribution in [-0.2, 0) is 20.5 Å². The summed E-state index contributed by atoms with van der Waals surface area (Å²) in [7, 11) is -3.45. The van der Waals surface area contributed by atoms with Gasteiger partial charge in [-0.1, -0.05) is 29.8 Å². The van der Waals surface area contributed by atoms with Crippen LogP contribution in [0, 0.1) is 6.92 Å². The number of hydrogen-bond donors (Lipinski definition) is 1. The van der Waals surface area contributed by atoms with Crippen LogP contribution in [0.25, 0.3) is 0 Å². The summed E-state index contributed by atoms with van der Waals surface area (Å²) >= 11 is 0. The van der Waals surface area contributed by atoms with Gasteiger partial charge in [0, 0.05) is 12.6 Å². The van der Waals surface area contributed by atoms with Crippen LogP contribution in [0.3, 0.4) is 0 Å². The number of cyclic esters (lactones) is 1. The summed E-state index contributed by atoms with van der Waals surface area (Å²) in [6.07, 6.45) is -0.833.